The van der Waals surface area contributed by atoms with Gasteiger partial charge in [-0.25, -0.2) is 22.7 Å². The summed E-state index contributed by atoms with van der Waals surface area (Å²) in [4.78, 5) is 8.08. The predicted molar refractivity (Wildman–Crippen MR) is 134 cm³/mol. The molecule has 0 atom stereocenters. The molecule has 0 spiro atoms. The first-order valence-corrected chi connectivity index (χ1v) is 12.4. The number of hydrogen-bond donors (Lipinski definition) is 0. The smallest absolute Gasteiger partial charge is 0.242 e. The van der Waals surface area contributed by atoms with E-state index in [9.17, 15) is 8.42 Å². The number of sulfonamides is 1. The van der Waals surface area contributed by atoms with Gasteiger partial charge in [0.1, 0.15) is 10.3 Å². The lowest BCUT2D eigenvalue weighted by Gasteiger charge is -2.15. The van der Waals surface area contributed by atoms with Crippen molar-refractivity contribution in [3.63, 3.8) is 0 Å². The quantitative estimate of drug-likeness (QED) is 0.266. The molecular weight excluding hydrogens is 512 g/mol. The number of halogens is 4. The lowest BCUT2D eigenvalue weighted by atomic mass is 10.1. The maximum absolute atomic E-state index is 12.2. The van der Waals surface area contributed by atoms with Crippen molar-refractivity contribution < 1.29 is 8.42 Å². The van der Waals surface area contributed by atoms with E-state index in [1.54, 1.807) is 19.2 Å². The number of aryl methyl sites for hydroxylation is 1. The molecule has 2 heterocycles. The zero-order valence-electron chi connectivity index (χ0n) is 17.4. The minimum absolute atomic E-state index is 0.176. The van der Waals surface area contributed by atoms with Gasteiger partial charge in [0.15, 0.2) is 0 Å². The number of fused-ring (bicyclic) bond motifs is 2. The van der Waals surface area contributed by atoms with Crippen LogP contribution < -0.4 is 0 Å². The summed E-state index contributed by atoms with van der Waals surface area (Å²) in [6, 6.07) is 10.6. The highest BCUT2D eigenvalue weighted by Gasteiger charge is 2.20. The zero-order valence-corrected chi connectivity index (χ0v) is 21.2. The molecule has 4 aromatic rings. The van der Waals surface area contributed by atoms with Crippen molar-refractivity contribution in [2.24, 2.45) is 0 Å². The van der Waals surface area contributed by atoms with Gasteiger partial charge < -0.3 is 0 Å². The Morgan fingerprint density at radius 2 is 1.31 bits per heavy atom. The van der Waals surface area contributed by atoms with Crippen molar-refractivity contribution in [1.29, 1.82) is 0 Å². The van der Waals surface area contributed by atoms with Crippen LogP contribution in [0.2, 0.25) is 20.4 Å². The van der Waals surface area contributed by atoms with E-state index >= 15 is 0 Å². The van der Waals surface area contributed by atoms with Crippen LogP contribution in [0, 0.1) is 6.92 Å². The molecular formula is C22H19Cl4N3O2S. The number of aromatic nitrogens is 2. The highest BCUT2D eigenvalue weighted by molar-refractivity contribution is 7.89. The molecule has 0 saturated carbocycles. The summed E-state index contributed by atoms with van der Waals surface area (Å²) in [6.07, 6.45) is 3.01. The Hall–Kier alpha value is -1.67. The summed E-state index contributed by atoms with van der Waals surface area (Å²) in [7, 11) is -1.98. The van der Waals surface area contributed by atoms with Crippen LogP contribution in [0.1, 0.15) is 12.5 Å². The number of benzene rings is 2. The maximum atomic E-state index is 12.2. The van der Waals surface area contributed by atoms with Gasteiger partial charge in [-0.15, -0.1) is 0 Å². The summed E-state index contributed by atoms with van der Waals surface area (Å²) in [5, 5.41) is 4.88. The van der Waals surface area contributed by atoms with Gasteiger partial charge in [0, 0.05) is 47.5 Å². The maximum Gasteiger partial charge on any atom is 0.242 e. The third-order valence-corrected chi connectivity index (χ3v) is 7.99. The molecule has 5 nitrogen and oxygen atoms in total. The average molecular weight is 531 g/mol. The second kappa shape index (κ2) is 10.1. The van der Waals surface area contributed by atoms with Crippen molar-refractivity contribution in [1.82, 2.24) is 14.3 Å². The zero-order chi connectivity index (χ0) is 23.6. The van der Waals surface area contributed by atoms with Gasteiger partial charge in [-0.05, 0) is 25.1 Å². The van der Waals surface area contributed by atoms with E-state index in [4.69, 9.17) is 46.4 Å². The third-order valence-electron chi connectivity index (χ3n) is 4.86. The second-order valence-electron chi connectivity index (χ2n) is 6.97. The minimum Gasteiger partial charge on any atom is -0.242 e. The fourth-order valence-electron chi connectivity index (χ4n) is 2.95. The molecule has 0 aliphatic heterocycles. The molecule has 0 bridgehead atoms. The Bertz CT molecular complexity index is 1410. The van der Waals surface area contributed by atoms with E-state index in [1.165, 1.54) is 29.7 Å². The molecule has 168 valence electrons. The van der Waals surface area contributed by atoms with Crippen LogP contribution >= 0.6 is 46.4 Å². The van der Waals surface area contributed by atoms with Gasteiger partial charge in [-0.2, -0.15) is 0 Å². The first kappa shape index (κ1) is 25.0. The van der Waals surface area contributed by atoms with Gasteiger partial charge in [-0.1, -0.05) is 77.1 Å². The Labute approximate surface area is 206 Å². The normalized spacial score (nSPS) is 11.6. The van der Waals surface area contributed by atoms with Crippen LogP contribution in [0.4, 0.5) is 0 Å². The third kappa shape index (κ3) is 5.11. The van der Waals surface area contributed by atoms with Gasteiger partial charge in [0.2, 0.25) is 10.0 Å². The Balaban J connectivity index is 0.000000193. The number of nitrogens with zero attached hydrogens (tertiary/aromatic N) is 3. The second-order valence-corrected chi connectivity index (χ2v) is 10.5. The van der Waals surface area contributed by atoms with E-state index in [0.29, 0.717) is 32.5 Å². The lowest BCUT2D eigenvalue weighted by molar-refractivity contribution is 0.486. The fourth-order valence-corrected chi connectivity index (χ4v) is 5.00. The van der Waals surface area contributed by atoms with Gasteiger partial charge in [0.25, 0.3) is 0 Å². The van der Waals surface area contributed by atoms with Crippen LogP contribution in [0.3, 0.4) is 0 Å². The summed E-state index contributed by atoms with van der Waals surface area (Å²) in [5.41, 5.74) is 1.15. The Morgan fingerprint density at radius 3 is 1.84 bits per heavy atom. The topological polar surface area (TPSA) is 63.2 Å². The summed E-state index contributed by atoms with van der Waals surface area (Å²) in [5.74, 6) is 0. The van der Waals surface area contributed by atoms with E-state index in [-0.39, 0.29) is 10.0 Å². The molecule has 0 radical (unpaired) electrons. The van der Waals surface area contributed by atoms with Gasteiger partial charge in [-0.3, -0.25) is 0 Å². The summed E-state index contributed by atoms with van der Waals surface area (Å²) >= 11 is 23.9. The number of hydrogen-bond acceptors (Lipinski definition) is 4. The van der Waals surface area contributed by atoms with Crippen molar-refractivity contribution in [3.05, 3.63) is 74.7 Å². The molecule has 0 fully saturated rings. The lowest BCUT2D eigenvalue weighted by Crippen LogP contribution is -2.26. The molecule has 2 aromatic heterocycles. The van der Waals surface area contributed by atoms with Crippen LogP contribution in [0.15, 0.2) is 53.7 Å². The standard InChI is InChI=1S/C12H12Cl2N2O2S.C10H7Cl2N/c1-3-16(2)19(17,18)8-4-5-9-10(6-8)12(14)15-7-11(9)13;1-6-2-3-7-8(4-6)10(12)13-5-9(7)11/h4-7H,3H2,1-2H3;2-5H,1H3. The Morgan fingerprint density at radius 1 is 0.812 bits per heavy atom. The van der Waals surface area contributed by atoms with Crippen LogP contribution in [0.25, 0.3) is 21.5 Å². The number of rotatable bonds is 3. The number of pyridine rings is 2. The molecule has 2 aromatic carbocycles. The van der Waals surface area contributed by atoms with Crippen LogP contribution in [-0.2, 0) is 10.0 Å². The first-order valence-electron chi connectivity index (χ1n) is 9.46. The molecule has 10 heteroatoms. The minimum atomic E-state index is -3.51. The van der Waals surface area contributed by atoms with Crippen molar-refractivity contribution >= 4 is 78.0 Å². The van der Waals surface area contributed by atoms with E-state index in [1.807, 2.05) is 25.1 Å². The predicted octanol–water partition coefficient (Wildman–Crippen LogP) is 7.03. The average Bonchev–Trinajstić information content (AvgIpc) is 2.78. The monoisotopic (exact) mass is 529 g/mol. The molecule has 0 saturated heterocycles. The molecule has 0 unspecified atom stereocenters. The SMILES string of the molecule is CCN(C)S(=O)(=O)c1ccc2c(Cl)cnc(Cl)c2c1.Cc1ccc2c(Cl)cnc(Cl)c2c1. The largest absolute Gasteiger partial charge is 0.242 e. The first-order chi connectivity index (χ1) is 15.1. The van der Waals surface area contributed by atoms with E-state index < -0.39 is 10.0 Å². The highest BCUT2D eigenvalue weighted by atomic mass is 35.5. The van der Waals surface area contributed by atoms with Gasteiger partial charge >= 0.3 is 0 Å². The Kier molecular flexibility index (Phi) is 7.86. The fraction of sp³-hybridized carbons (Fsp3) is 0.182. The van der Waals surface area contributed by atoms with Crippen molar-refractivity contribution in [2.75, 3.05) is 13.6 Å². The van der Waals surface area contributed by atoms with Gasteiger partial charge in [0.05, 0.1) is 14.9 Å². The molecule has 0 N–H and O–H groups in total. The van der Waals surface area contributed by atoms with Crippen LogP contribution in [-0.4, -0.2) is 36.3 Å². The van der Waals surface area contributed by atoms with Crippen molar-refractivity contribution in [2.45, 2.75) is 18.7 Å². The van der Waals surface area contributed by atoms with E-state index in [0.717, 1.165) is 16.3 Å². The summed E-state index contributed by atoms with van der Waals surface area (Å²) in [6.45, 7) is 4.17. The highest BCUT2D eigenvalue weighted by Crippen LogP contribution is 2.30. The van der Waals surface area contributed by atoms with E-state index in [2.05, 4.69) is 9.97 Å². The molecule has 32 heavy (non-hydrogen) atoms. The molecule has 0 aliphatic rings. The molecule has 0 aliphatic carbocycles. The molecule has 0 amide bonds. The van der Waals surface area contributed by atoms with Crippen molar-refractivity contribution in [3.8, 4) is 0 Å². The summed E-state index contributed by atoms with van der Waals surface area (Å²) < 4.78 is 25.7. The molecule has 4 rings (SSSR count). The van der Waals surface area contributed by atoms with Crippen LogP contribution in [0.5, 0.6) is 0 Å².